The van der Waals surface area contributed by atoms with Gasteiger partial charge in [0.15, 0.2) is 0 Å². The number of hydrogen-bond acceptors (Lipinski definition) is 3. The quantitative estimate of drug-likeness (QED) is 0.767. The van der Waals surface area contributed by atoms with E-state index in [0.717, 1.165) is 30.9 Å². The largest absolute Gasteiger partial charge is 0.367 e. The lowest BCUT2D eigenvalue weighted by molar-refractivity contribution is 0.0745. The molecule has 5 nitrogen and oxygen atoms in total. The summed E-state index contributed by atoms with van der Waals surface area (Å²) in [7, 11) is 0. The van der Waals surface area contributed by atoms with Crippen LogP contribution in [-0.2, 0) is 13.1 Å². The van der Waals surface area contributed by atoms with Crippen LogP contribution < -0.4 is 5.32 Å². The Bertz CT molecular complexity index is 989. The Balaban J connectivity index is 1.39. The van der Waals surface area contributed by atoms with Crippen molar-refractivity contribution >= 4 is 22.6 Å². The highest BCUT2D eigenvalue weighted by atomic mass is 16.2. The highest BCUT2D eigenvalue weighted by Crippen LogP contribution is 2.25. The summed E-state index contributed by atoms with van der Waals surface area (Å²) < 4.78 is 2.36. The van der Waals surface area contributed by atoms with Crippen LogP contribution >= 0.6 is 0 Å². The Morgan fingerprint density at radius 2 is 1.96 bits per heavy atom. The molecule has 2 aromatic heterocycles. The van der Waals surface area contributed by atoms with Gasteiger partial charge in [-0.15, -0.1) is 0 Å². The van der Waals surface area contributed by atoms with Gasteiger partial charge in [-0.2, -0.15) is 0 Å². The van der Waals surface area contributed by atoms with Gasteiger partial charge in [0.2, 0.25) is 0 Å². The minimum Gasteiger partial charge on any atom is -0.367 e. The van der Waals surface area contributed by atoms with E-state index in [4.69, 9.17) is 0 Å². The molecule has 0 unspecified atom stereocenters. The maximum atomic E-state index is 13.2. The van der Waals surface area contributed by atoms with Crippen molar-refractivity contribution in [3.05, 3.63) is 59.9 Å². The number of aryl methyl sites for hydroxylation is 1. The van der Waals surface area contributed by atoms with E-state index < -0.39 is 0 Å². The minimum absolute atomic E-state index is 0.0905. The van der Waals surface area contributed by atoms with Crippen LogP contribution in [0.3, 0.4) is 0 Å². The number of hydrogen-bond donors (Lipinski definition) is 1. The zero-order chi connectivity index (χ0) is 18.2. The molecule has 0 radical (unpaired) electrons. The summed E-state index contributed by atoms with van der Waals surface area (Å²) in [6, 6.07) is 14.9. The third kappa shape index (κ3) is 3.07. The van der Waals surface area contributed by atoms with Gasteiger partial charge in [0.25, 0.3) is 5.91 Å². The molecule has 1 amide bonds. The fraction of sp³-hybridized carbons (Fsp3) is 0.364. The summed E-state index contributed by atoms with van der Waals surface area (Å²) >= 11 is 0. The predicted octanol–water partition coefficient (Wildman–Crippen LogP) is 4.05. The van der Waals surface area contributed by atoms with E-state index in [0.29, 0.717) is 12.6 Å². The third-order valence-electron chi connectivity index (χ3n) is 5.81. The van der Waals surface area contributed by atoms with E-state index in [1.54, 1.807) is 6.20 Å². The second-order valence-corrected chi connectivity index (χ2v) is 7.63. The summed E-state index contributed by atoms with van der Waals surface area (Å²) in [6.07, 6.45) is 6.36. The van der Waals surface area contributed by atoms with Crippen LogP contribution in [0, 0.1) is 0 Å². The van der Waals surface area contributed by atoms with Crippen LogP contribution in [0.25, 0.3) is 10.9 Å². The fourth-order valence-electron chi connectivity index (χ4n) is 4.12. The van der Waals surface area contributed by atoms with Crippen molar-refractivity contribution < 1.29 is 4.79 Å². The van der Waals surface area contributed by atoms with Gasteiger partial charge < -0.3 is 14.8 Å². The minimum atomic E-state index is 0.0905. The Kier molecular flexibility index (Phi) is 4.07. The van der Waals surface area contributed by atoms with Crippen LogP contribution in [0.4, 0.5) is 5.82 Å². The van der Waals surface area contributed by atoms with Crippen molar-refractivity contribution in [3.63, 3.8) is 0 Å². The molecule has 3 heterocycles. The zero-order valence-corrected chi connectivity index (χ0v) is 15.4. The second kappa shape index (κ2) is 6.72. The van der Waals surface area contributed by atoms with Crippen LogP contribution in [0.5, 0.6) is 0 Å². The van der Waals surface area contributed by atoms with Gasteiger partial charge in [0.1, 0.15) is 5.82 Å². The fourth-order valence-corrected chi connectivity index (χ4v) is 4.12. The maximum Gasteiger partial charge on any atom is 0.254 e. The number of carbonyl (C=O) groups excluding carboxylic acids is 1. The molecule has 0 saturated heterocycles. The summed E-state index contributed by atoms with van der Waals surface area (Å²) in [5, 5.41) is 4.68. The van der Waals surface area contributed by atoms with Crippen LogP contribution in [0.15, 0.2) is 48.7 Å². The maximum absolute atomic E-state index is 13.2. The second-order valence-electron chi connectivity index (χ2n) is 7.63. The van der Waals surface area contributed by atoms with E-state index in [1.165, 1.54) is 35.9 Å². The molecule has 0 spiro atoms. The lowest BCUT2D eigenvalue weighted by Crippen LogP contribution is -2.31. The Labute approximate surface area is 159 Å². The third-order valence-corrected chi connectivity index (χ3v) is 5.81. The number of rotatable bonds is 3. The van der Waals surface area contributed by atoms with Crippen molar-refractivity contribution in [2.24, 2.45) is 0 Å². The molecule has 5 rings (SSSR count). The number of nitrogens with one attached hydrogen (secondary N) is 1. The van der Waals surface area contributed by atoms with Gasteiger partial charge in [-0.25, -0.2) is 4.98 Å². The van der Waals surface area contributed by atoms with E-state index in [-0.39, 0.29) is 5.91 Å². The first-order chi connectivity index (χ1) is 13.3. The van der Waals surface area contributed by atoms with Crippen molar-refractivity contribution in [3.8, 4) is 0 Å². The zero-order valence-electron chi connectivity index (χ0n) is 15.4. The Hall–Kier alpha value is -2.82. The predicted molar refractivity (Wildman–Crippen MR) is 107 cm³/mol. The average Bonchev–Trinajstić information content (AvgIpc) is 2.87. The number of para-hydroxylation sites is 1. The summed E-state index contributed by atoms with van der Waals surface area (Å²) in [4.78, 5) is 19.5. The smallest absolute Gasteiger partial charge is 0.254 e. The molecule has 2 aliphatic rings. The summed E-state index contributed by atoms with van der Waals surface area (Å²) in [5.74, 6) is 0.905. The Morgan fingerprint density at radius 3 is 2.81 bits per heavy atom. The van der Waals surface area contributed by atoms with Gasteiger partial charge in [-0.05, 0) is 55.3 Å². The molecule has 1 aromatic carbocycles. The topological polar surface area (TPSA) is 50.2 Å². The molecular formula is C22H24N4O. The van der Waals surface area contributed by atoms with Crippen molar-refractivity contribution in [2.75, 3.05) is 11.9 Å². The molecular weight excluding hydrogens is 336 g/mol. The normalized spacial score (nSPS) is 17.3. The molecule has 0 bridgehead atoms. The van der Waals surface area contributed by atoms with Crippen molar-refractivity contribution in [1.82, 2.24) is 14.5 Å². The first-order valence-corrected chi connectivity index (χ1v) is 9.87. The lowest BCUT2D eigenvalue weighted by atomic mass is 9.93. The van der Waals surface area contributed by atoms with E-state index >= 15 is 0 Å². The monoisotopic (exact) mass is 360 g/mol. The molecule has 27 heavy (non-hydrogen) atoms. The number of aromatic nitrogens is 2. The van der Waals surface area contributed by atoms with Gasteiger partial charge in [0, 0.05) is 42.1 Å². The number of nitrogens with zero attached hydrogens (tertiary/aromatic N) is 3. The molecule has 1 aliphatic carbocycles. The van der Waals surface area contributed by atoms with Crippen molar-refractivity contribution in [1.29, 1.82) is 0 Å². The highest BCUT2D eigenvalue weighted by Gasteiger charge is 2.23. The molecule has 1 saturated carbocycles. The van der Waals surface area contributed by atoms with Gasteiger partial charge in [-0.3, -0.25) is 4.79 Å². The molecule has 3 aromatic rings. The SMILES string of the molecule is O=C(c1ccnc(NC2CCC2)c1)N1CCCn2c(cc3ccccc32)C1. The average molecular weight is 360 g/mol. The molecule has 1 aliphatic heterocycles. The number of pyridine rings is 1. The number of anilines is 1. The molecule has 1 N–H and O–H groups in total. The van der Waals surface area contributed by atoms with Crippen LogP contribution in [0.1, 0.15) is 41.7 Å². The molecule has 138 valence electrons. The first-order valence-electron chi connectivity index (χ1n) is 9.87. The molecule has 1 fully saturated rings. The van der Waals surface area contributed by atoms with E-state index in [9.17, 15) is 4.79 Å². The van der Waals surface area contributed by atoms with Crippen LogP contribution in [0.2, 0.25) is 0 Å². The Morgan fingerprint density at radius 1 is 1.07 bits per heavy atom. The van der Waals surface area contributed by atoms with Gasteiger partial charge >= 0.3 is 0 Å². The number of amides is 1. The number of fused-ring (bicyclic) bond motifs is 3. The summed E-state index contributed by atoms with van der Waals surface area (Å²) in [6.45, 7) is 2.39. The molecule has 5 heteroatoms. The first kappa shape index (κ1) is 16.4. The lowest BCUT2D eigenvalue weighted by Gasteiger charge is -2.27. The number of benzene rings is 1. The standard InChI is InChI=1S/C22H24N4O/c27-22(17-9-10-23-21(14-17)24-18-6-3-7-18)25-11-4-12-26-19(15-25)13-16-5-1-2-8-20(16)26/h1-2,5,8-10,13-14,18H,3-4,6-7,11-12,15H2,(H,23,24). The van der Waals surface area contributed by atoms with Gasteiger partial charge in [0.05, 0.1) is 6.54 Å². The van der Waals surface area contributed by atoms with E-state index in [1.807, 2.05) is 17.0 Å². The highest BCUT2D eigenvalue weighted by molar-refractivity contribution is 5.95. The summed E-state index contributed by atoms with van der Waals surface area (Å²) in [5.41, 5.74) is 3.19. The van der Waals surface area contributed by atoms with Gasteiger partial charge in [-0.1, -0.05) is 18.2 Å². The molecule has 0 atom stereocenters. The van der Waals surface area contributed by atoms with Crippen molar-refractivity contribution in [2.45, 2.75) is 44.8 Å². The number of carbonyl (C=O) groups is 1. The van der Waals surface area contributed by atoms with Crippen LogP contribution in [-0.4, -0.2) is 32.9 Å². The van der Waals surface area contributed by atoms with E-state index in [2.05, 4.69) is 45.2 Å².